The summed E-state index contributed by atoms with van der Waals surface area (Å²) in [5.41, 5.74) is 1.39. The van der Waals surface area contributed by atoms with Crippen LogP contribution in [0.1, 0.15) is 18.2 Å². The molecule has 0 unspecified atom stereocenters. The molecule has 1 aromatic heterocycles. The molecule has 0 spiro atoms. The first-order chi connectivity index (χ1) is 12.5. The predicted molar refractivity (Wildman–Crippen MR) is 93.5 cm³/mol. The molecule has 2 heterocycles. The van der Waals surface area contributed by atoms with Gasteiger partial charge in [-0.1, -0.05) is 12.1 Å². The Hall–Kier alpha value is -3.59. The number of ether oxygens (including phenoxy) is 1. The predicted octanol–water partition coefficient (Wildman–Crippen LogP) is 3.08. The molecule has 6 heteroatoms. The normalized spacial score (nSPS) is 16.2. The fourth-order valence-electron chi connectivity index (χ4n) is 2.70. The standard InChI is InChI=1S/C20H16N2O4/c1-13-17(10-14-5-7-15(25-2)8-6-14)19(23)22(20(24)18(13)11-21)12-16-4-3-9-26-16/h3-10H,12H2,1-2H3/b17-10+. The zero-order chi connectivity index (χ0) is 18.7. The van der Waals surface area contributed by atoms with Gasteiger partial charge in [-0.3, -0.25) is 14.5 Å². The second-order valence-electron chi connectivity index (χ2n) is 5.72. The number of rotatable bonds is 4. The minimum atomic E-state index is -0.613. The van der Waals surface area contributed by atoms with Gasteiger partial charge in [-0.2, -0.15) is 5.26 Å². The first-order valence-corrected chi connectivity index (χ1v) is 7.91. The summed E-state index contributed by atoms with van der Waals surface area (Å²) in [6.45, 7) is 1.58. The Morgan fingerprint density at radius 2 is 1.92 bits per heavy atom. The van der Waals surface area contributed by atoms with Crippen molar-refractivity contribution in [3.8, 4) is 11.8 Å². The van der Waals surface area contributed by atoms with Gasteiger partial charge in [-0.15, -0.1) is 0 Å². The number of imide groups is 1. The van der Waals surface area contributed by atoms with Crippen LogP contribution in [0.15, 0.2) is 63.8 Å². The summed E-state index contributed by atoms with van der Waals surface area (Å²) in [4.78, 5) is 26.4. The van der Waals surface area contributed by atoms with Crippen molar-refractivity contribution in [2.75, 3.05) is 7.11 Å². The number of furan rings is 1. The van der Waals surface area contributed by atoms with Crippen LogP contribution in [0.3, 0.4) is 0 Å². The molecular weight excluding hydrogens is 332 g/mol. The molecule has 3 rings (SSSR count). The van der Waals surface area contributed by atoms with Gasteiger partial charge in [0.15, 0.2) is 0 Å². The van der Waals surface area contributed by atoms with Gasteiger partial charge in [-0.25, -0.2) is 0 Å². The van der Waals surface area contributed by atoms with E-state index >= 15 is 0 Å². The molecule has 1 aromatic carbocycles. The van der Waals surface area contributed by atoms with E-state index in [0.29, 0.717) is 22.7 Å². The maximum atomic E-state index is 12.9. The van der Waals surface area contributed by atoms with Crippen LogP contribution in [-0.4, -0.2) is 23.8 Å². The highest BCUT2D eigenvalue weighted by Crippen LogP contribution is 2.28. The molecule has 0 saturated carbocycles. The number of carbonyl (C=O) groups excluding carboxylic acids is 2. The quantitative estimate of drug-likeness (QED) is 0.626. The Bertz CT molecular complexity index is 945. The van der Waals surface area contributed by atoms with Crippen LogP contribution in [0.4, 0.5) is 0 Å². The summed E-state index contributed by atoms with van der Waals surface area (Å²) < 4.78 is 10.4. The Balaban J connectivity index is 2.03. The summed E-state index contributed by atoms with van der Waals surface area (Å²) >= 11 is 0. The zero-order valence-electron chi connectivity index (χ0n) is 14.4. The maximum Gasteiger partial charge on any atom is 0.272 e. The number of benzene rings is 1. The van der Waals surface area contributed by atoms with Crippen molar-refractivity contribution in [3.63, 3.8) is 0 Å². The van der Waals surface area contributed by atoms with E-state index in [2.05, 4.69) is 0 Å². The van der Waals surface area contributed by atoms with E-state index in [0.717, 1.165) is 10.5 Å². The van der Waals surface area contributed by atoms with E-state index < -0.39 is 11.8 Å². The van der Waals surface area contributed by atoms with Crippen LogP contribution in [0.5, 0.6) is 5.75 Å². The van der Waals surface area contributed by atoms with Crippen LogP contribution in [0.2, 0.25) is 0 Å². The number of nitriles is 1. The lowest BCUT2D eigenvalue weighted by molar-refractivity contribution is -0.141. The average Bonchev–Trinajstić information content (AvgIpc) is 3.16. The Labute approximate surface area is 150 Å². The summed E-state index contributed by atoms with van der Waals surface area (Å²) in [7, 11) is 1.57. The second kappa shape index (κ2) is 7.11. The van der Waals surface area contributed by atoms with E-state index in [1.807, 2.05) is 6.07 Å². The van der Waals surface area contributed by atoms with Gasteiger partial charge in [0, 0.05) is 5.57 Å². The third-order valence-corrected chi connectivity index (χ3v) is 4.15. The van der Waals surface area contributed by atoms with Gasteiger partial charge in [0.05, 0.1) is 19.9 Å². The number of carbonyl (C=O) groups is 2. The Kier molecular flexibility index (Phi) is 4.72. The molecule has 130 valence electrons. The summed E-state index contributed by atoms with van der Waals surface area (Å²) in [6, 6.07) is 12.4. The highest BCUT2D eigenvalue weighted by atomic mass is 16.5. The third kappa shape index (κ3) is 3.15. The first-order valence-electron chi connectivity index (χ1n) is 7.91. The minimum absolute atomic E-state index is 0.0247. The van der Waals surface area contributed by atoms with Crippen molar-refractivity contribution >= 4 is 17.9 Å². The molecule has 0 atom stereocenters. The monoisotopic (exact) mass is 348 g/mol. The van der Waals surface area contributed by atoms with E-state index in [1.54, 1.807) is 56.5 Å². The molecule has 0 saturated heterocycles. The number of amides is 2. The van der Waals surface area contributed by atoms with E-state index in [9.17, 15) is 14.9 Å². The van der Waals surface area contributed by atoms with Crippen molar-refractivity contribution in [1.82, 2.24) is 4.90 Å². The van der Waals surface area contributed by atoms with E-state index in [-0.39, 0.29) is 12.1 Å². The van der Waals surface area contributed by atoms with Crippen LogP contribution in [0.25, 0.3) is 6.08 Å². The van der Waals surface area contributed by atoms with Crippen LogP contribution < -0.4 is 4.74 Å². The largest absolute Gasteiger partial charge is 0.497 e. The van der Waals surface area contributed by atoms with Crippen molar-refractivity contribution in [3.05, 3.63) is 70.7 Å². The molecule has 26 heavy (non-hydrogen) atoms. The van der Waals surface area contributed by atoms with Crippen LogP contribution >= 0.6 is 0 Å². The minimum Gasteiger partial charge on any atom is -0.497 e. The molecule has 1 aliphatic rings. The Morgan fingerprint density at radius 1 is 1.19 bits per heavy atom. The number of hydrogen-bond donors (Lipinski definition) is 0. The maximum absolute atomic E-state index is 12.9. The molecule has 2 aromatic rings. The topological polar surface area (TPSA) is 83.5 Å². The summed E-state index contributed by atoms with van der Waals surface area (Å²) in [6.07, 6.45) is 3.13. The summed E-state index contributed by atoms with van der Waals surface area (Å²) in [5.74, 6) is 0.0889. The molecule has 6 nitrogen and oxygen atoms in total. The van der Waals surface area contributed by atoms with Crippen molar-refractivity contribution in [2.45, 2.75) is 13.5 Å². The fourth-order valence-corrected chi connectivity index (χ4v) is 2.70. The van der Waals surface area contributed by atoms with Gasteiger partial charge in [-0.05, 0) is 48.4 Å². The molecule has 0 N–H and O–H groups in total. The van der Waals surface area contributed by atoms with Gasteiger partial charge >= 0.3 is 0 Å². The number of hydrogen-bond acceptors (Lipinski definition) is 5. The second-order valence-corrected chi connectivity index (χ2v) is 5.72. The van der Waals surface area contributed by atoms with Crippen molar-refractivity contribution < 1.29 is 18.7 Å². The van der Waals surface area contributed by atoms with Crippen molar-refractivity contribution in [1.29, 1.82) is 5.26 Å². The Morgan fingerprint density at radius 3 is 2.50 bits per heavy atom. The highest BCUT2D eigenvalue weighted by molar-refractivity contribution is 6.19. The van der Waals surface area contributed by atoms with Gasteiger partial charge in [0.25, 0.3) is 11.8 Å². The lowest BCUT2D eigenvalue weighted by atomic mass is 9.93. The molecule has 0 radical (unpaired) electrons. The van der Waals surface area contributed by atoms with Crippen LogP contribution in [-0.2, 0) is 16.1 Å². The molecule has 1 aliphatic heterocycles. The van der Waals surface area contributed by atoms with Crippen molar-refractivity contribution in [2.24, 2.45) is 0 Å². The molecule has 0 aliphatic carbocycles. The number of nitrogens with zero attached hydrogens (tertiary/aromatic N) is 2. The SMILES string of the molecule is COc1ccc(/C=C2/C(=O)N(Cc3ccco3)C(=O)C(C#N)=C2C)cc1. The molecular formula is C20H16N2O4. The van der Waals surface area contributed by atoms with E-state index in [4.69, 9.17) is 9.15 Å². The zero-order valence-corrected chi connectivity index (χ0v) is 14.4. The van der Waals surface area contributed by atoms with E-state index in [1.165, 1.54) is 6.26 Å². The average molecular weight is 348 g/mol. The van der Waals surface area contributed by atoms with Gasteiger partial charge in [0.2, 0.25) is 0 Å². The highest BCUT2D eigenvalue weighted by Gasteiger charge is 2.35. The smallest absolute Gasteiger partial charge is 0.272 e. The fraction of sp³-hybridized carbons (Fsp3) is 0.150. The molecule has 0 bridgehead atoms. The first kappa shape index (κ1) is 17.2. The number of methoxy groups -OCH3 is 1. The third-order valence-electron chi connectivity index (χ3n) is 4.15. The summed E-state index contributed by atoms with van der Waals surface area (Å²) in [5, 5.41) is 9.38. The van der Waals surface area contributed by atoms with Gasteiger partial charge < -0.3 is 9.15 Å². The van der Waals surface area contributed by atoms with Crippen LogP contribution in [0, 0.1) is 11.3 Å². The molecule has 2 amide bonds. The lowest BCUT2D eigenvalue weighted by Crippen LogP contribution is -2.42. The van der Waals surface area contributed by atoms with Gasteiger partial charge in [0.1, 0.15) is 23.2 Å². The molecule has 0 fully saturated rings. The lowest BCUT2D eigenvalue weighted by Gasteiger charge is -2.26.